The molecular weight excluding hydrogens is 721 g/mol. The first-order valence-corrected chi connectivity index (χ1v) is 24.6. The van der Waals surface area contributed by atoms with Crippen molar-refractivity contribution in [3.05, 3.63) is 48.6 Å². The van der Waals surface area contributed by atoms with E-state index in [1.165, 1.54) is 116 Å². The highest BCUT2D eigenvalue weighted by Gasteiger charge is 2.19. The van der Waals surface area contributed by atoms with Gasteiger partial charge < -0.3 is 14.2 Å². The summed E-state index contributed by atoms with van der Waals surface area (Å²) in [5.74, 6) is -0.887. The Hall–Kier alpha value is -2.63. The molecule has 6 nitrogen and oxygen atoms in total. The molecule has 0 bridgehead atoms. The summed E-state index contributed by atoms with van der Waals surface area (Å²) in [4.78, 5) is 37.8. The SMILES string of the molecule is CC/C=C\C/C=C\C/C=C\C/C=C\CCCCCCCCC(=O)OCC(COC(=O)CCCCCCCCCCC)OC(=O)CCCCCCCCCCCCCC. The number of carbonyl (C=O) groups is 3. The van der Waals surface area contributed by atoms with E-state index in [2.05, 4.69) is 69.4 Å². The summed E-state index contributed by atoms with van der Waals surface area (Å²) >= 11 is 0. The van der Waals surface area contributed by atoms with E-state index < -0.39 is 6.10 Å². The van der Waals surface area contributed by atoms with Crippen LogP contribution >= 0.6 is 0 Å². The van der Waals surface area contributed by atoms with Crippen LogP contribution in [-0.2, 0) is 28.6 Å². The molecule has 0 rings (SSSR count). The van der Waals surface area contributed by atoms with Crippen LogP contribution < -0.4 is 0 Å². The molecule has 0 radical (unpaired) electrons. The molecule has 0 saturated heterocycles. The second-order valence-corrected chi connectivity index (χ2v) is 16.4. The van der Waals surface area contributed by atoms with Gasteiger partial charge in [0.25, 0.3) is 0 Å². The number of esters is 3. The van der Waals surface area contributed by atoms with Crippen LogP contribution in [0.5, 0.6) is 0 Å². The van der Waals surface area contributed by atoms with Gasteiger partial charge in [-0.3, -0.25) is 14.4 Å². The van der Waals surface area contributed by atoms with E-state index in [0.717, 1.165) is 89.9 Å². The third kappa shape index (κ3) is 44.5. The predicted octanol–water partition coefficient (Wildman–Crippen LogP) is 15.9. The van der Waals surface area contributed by atoms with Gasteiger partial charge in [0.2, 0.25) is 0 Å². The van der Waals surface area contributed by atoms with Crippen molar-refractivity contribution < 1.29 is 28.6 Å². The maximum atomic E-state index is 12.7. The highest BCUT2D eigenvalue weighted by Crippen LogP contribution is 2.15. The fourth-order valence-electron chi connectivity index (χ4n) is 6.90. The van der Waals surface area contributed by atoms with E-state index in [-0.39, 0.29) is 31.1 Å². The molecule has 0 aliphatic rings. The minimum absolute atomic E-state index is 0.0748. The summed E-state index contributed by atoms with van der Waals surface area (Å²) in [7, 11) is 0. The van der Waals surface area contributed by atoms with Gasteiger partial charge in [-0.15, -0.1) is 0 Å². The monoisotopic (exact) mass is 813 g/mol. The molecule has 336 valence electrons. The molecule has 0 amide bonds. The summed E-state index contributed by atoms with van der Waals surface area (Å²) in [5.41, 5.74) is 0. The first-order valence-electron chi connectivity index (χ1n) is 24.6. The first-order chi connectivity index (χ1) is 28.5. The normalized spacial score (nSPS) is 12.4. The van der Waals surface area contributed by atoms with Crippen LogP contribution in [0.15, 0.2) is 48.6 Å². The molecule has 0 aliphatic carbocycles. The lowest BCUT2D eigenvalue weighted by Crippen LogP contribution is -2.30. The molecule has 0 aromatic rings. The van der Waals surface area contributed by atoms with Crippen LogP contribution in [0.4, 0.5) is 0 Å². The first kappa shape index (κ1) is 55.4. The van der Waals surface area contributed by atoms with E-state index in [9.17, 15) is 14.4 Å². The number of hydrogen-bond acceptors (Lipinski definition) is 6. The quantitative estimate of drug-likeness (QED) is 0.0264. The molecule has 0 aliphatic heterocycles. The van der Waals surface area contributed by atoms with E-state index in [4.69, 9.17) is 14.2 Å². The van der Waals surface area contributed by atoms with Crippen LogP contribution in [0.25, 0.3) is 0 Å². The largest absolute Gasteiger partial charge is 0.462 e. The van der Waals surface area contributed by atoms with Gasteiger partial charge in [-0.1, -0.05) is 217 Å². The molecule has 58 heavy (non-hydrogen) atoms. The Bertz CT molecular complexity index is 1030. The smallest absolute Gasteiger partial charge is 0.306 e. The Balaban J connectivity index is 4.31. The molecule has 1 unspecified atom stereocenters. The Labute approximate surface area is 358 Å². The van der Waals surface area contributed by atoms with Gasteiger partial charge in [-0.05, 0) is 57.8 Å². The zero-order valence-electron chi connectivity index (χ0n) is 38.3. The van der Waals surface area contributed by atoms with Crippen molar-refractivity contribution in [2.75, 3.05) is 13.2 Å². The van der Waals surface area contributed by atoms with Crippen molar-refractivity contribution in [3.63, 3.8) is 0 Å². The summed E-state index contributed by atoms with van der Waals surface area (Å²) < 4.78 is 16.7. The zero-order chi connectivity index (χ0) is 42.3. The lowest BCUT2D eigenvalue weighted by Gasteiger charge is -2.18. The predicted molar refractivity (Wildman–Crippen MR) is 247 cm³/mol. The van der Waals surface area contributed by atoms with Crippen molar-refractivity contribution >= 4 is 17.9 Å². The maximum Gasteiger partial charge on any atom is 0.306 e. The molecule has 0 saturated carbocycles. The number of unbranched alkanes of at least 4 members (excludes halogenated alkanes) is 25. The molecule has 1 atom stereocenters. The van der Waals surface area contributed by atoms with Crippen LogP contribution in [0.3, 0.4) is 0 Å². The Morgan fingerprint density at radius 3 is 1.05 bits per heavy atom. The summed E-state index contributed by atoms with van der Waals surface area (Å²) in [5, 5.41) is 0. The van der Waals surface area contributed by atoms with Gasteiger partial charge in [0.05, 0.1) is 0 Å². The number of rotatable bonds is 44. The van der Waals surface area contributed by atoms with E-state index in [1.54, 1.807) is 0 Å². The summed E-state index contributed by atoms with van der Waals surface area (Å²) in [6.07, 6.45) is 55.2. The van der Waals surface area contributed by atoms with Crippen LogP contribution in [0, 0.1) is 0 Å². The average molecular weight is 813 g/mol. The van der Waals surface area contributed by atoms with E-state index in [1.807, 2.05) is 0 Å². The molecule has 0 fully saturated rings. The Kier molecular flexibility index (Phi) is 44.9. The topological polar surface area (TPSA) is 78.9 Å². The average Bonchev–Trinajstić information content (AvgIpc) is 3.22. The van der Waals surface area contributed by atoms with E-state index in [0.29, 0.717) is 19.3 Å². The fraction of sp³-hybridized carbons (Fsp3) is 0.788. The molecule has 6 heteroatoms. The third-order valence-corrected chi connectivity index (χ3v) is 10.6. The van der Waals surface area contributed by atoms with Crippen molar-refractivity contribution in [1.29, 1.82) is 0 Å². The highest BCUT2D eigenvalue weighted by molar-refractivity contribution is 5.71. The number of allylic oxidation sites excluding steroid dienone is 8. The molecule has 0 spiro atoms. The van der Waals surface area contributed by atoms with Gasteiger partial charge in [-0.25, -0.2) is 0 Å². The number of hydrogen-bond donors (Lipinski definition) is 0. The highest BCUT2D eigenvalue weighted by atomic mass is 16.6. The van der Waals surface area contributed by atoms with Gasteiger partial charge in [0.1, 0.15) is 13.2 Å². The summed E-state index contributed by atoms with van der Waals surface area (Å²) in [6.45, 7) is 6.49. The van der Waals surface area contributed by atoms with Gasteiger partial charge in [0.15, 0.2) is 6.10 Å². The second kappa shape index (κ2) is 47.1. The van der Waals surface area contributed by atoms with Gasteiger partial charge in [-0.2, -0.15) is 0 Å². The van der Waals surface area contributed by atoms with Gasteiger partial charge in [0, 0.05) is 19.3 Å². The Morgan fingerprint density at radius 2 is 0.672 bits per heavy atom. The van der Waals surface area contributed by atoms with Gasteiger partial charge >= 0.3 is 17.9 Å². The van der Waals surface area contributed by atoms with Crippen LogP contribution in [0.1, 0.15) is 245 Å². The summed E-state index contributed by atoms with van der Waals surface area (Å²) in [6, 6.07) is 0. The number of ether oxygens (including phenoxy) is 3. The van der Waals surface area contributed by atoms with Crippen molar-refractivity contribution in [2.24, 2.45) is 0 Å². The minimum Gasteiger partial charge on any atom is -0.462 e. The maximum absolute atomic E-state index is 12.7. The fourth-order valence-corrected chi connectivity index (χ4v) is 6.90. The zero-order valence-corrected chi connectivity index (χ0v) is 38.3. The third-order valence-electron chi connectivity index (χ3n) is 10.6. The minimum atomic E-state index is -0.772. The van der Waals surface area contributed by atoms with Crippen molar-refractivity contribution in [3.8, 4) is 0 Å². The molecular formula is C52H92O6. The molecule has 0 heterocycles. The molecule has 0 N–H and O–H groups in total. The standard InChI is InChI=1S/C52H92O6/c1-4-7-10-13-16-19-21-23-24-25-26-27-28-29-31-33-36-39-42-45-51(54)57-48-49(47-56-50(53)44-41-38-35-32-18-15-12-9-6-3)58-52(55)46-43-40-37-34-30-22-20-17-14-11-8-5-2/h7,10,16,19,23-24,26-27,49H,4-6,8-9,11-15,17-18,20-22,25,28-48H2,1-3H3/b10-7-,19-16-,24-23-,27-26-. The lowest BCUT2D eigenvalue weighted by molar-refractivity contribution is -0.167. The Morgan fingerprint density at radius 1 is 0.362 bits per heavy atom. The van der Waals surface area contributed by atoms with Crippen LogP contribution in [0.2, 0.25) is 0 Å². The van der Waals surface area contributed by atoms with Crippen LogP contribution in [-0.4, -0.2) is 37.2 Å². The van der Waals surface area contributed by atoms with E-state index >= 15 is 0 Å². The second-order valence-electron chi connectivity index (χ2n) is 16.4. The van der Waals surface area contributed by atoms with Crippen molar-refractivity contribution in [1.82, 2.24) is 0 Å². The molecule has 0 aromatic heterocycles. The molecule has 0 aromatic carbocycles. The lowest BCUT2D eigenvalue weighted by atomic mass is 10.0. The number of carbonyl (C=O) groups excluding carboxylic acids is 3. The van der Waals surface area contributed by atoms with Crippen molar-refractivity contribution in [2.45, 2.75) is 252 Å².